The molecule has 1 rings (SSSR count). The summed E-state index contributed by atoms with van der Waals surface area (Å²) < 4.78 is 5.98. The summed E-state index contributed by atoms with van der Waals surface area (Å²) >= 11 is 3.28. The van der Waals surface area contributed by atoms with E-state index in [0.717, 1.165) is 19.3 Å². The number of esters is 1. The molecule has 0 spiro atoms. The van der Waals surface area contributed by atoms with Crippen molar-refractivity contribution >= 4 is 29.1 Å². The molecular weight excluding hydrogens is 228 g/mol. The van der Waals surface area contributed by atoms with Crippen molar-refractivity contribution in [3.8, 4) is 0 Å². The maximum Gasteiger partial charge on any atom is 0.319 e. The van der Waals surface area contributed by atoms with Crippen LogP contribution in [0.25, 0.3) is 0 Å². The first-order valence-corrected chi connectivity index (χ1v) is 6.81. The maximum atomic E-state index is 11.5. The van der Waals surface area contributed by atoms with Gasteiger partial charge in [0, 0.05) is 0 Å². The smallest absolute Gasteiger partial charge is 0.319 e. The number of carbonyl (C=O) groups is 1. The van der Waals surface area contributed by atoms with E-state index in [-0.39, 0.29) is 11.2 Å². The largest absolute Gasteiger partial charge is 0.468 e. The molecule has 1 heterocycles. The molecule has 0 aliphatic carbocycles. The van der Waals surface area contributed by atoms with Crippen LogP contribution in [0, 0.1) is 0 Å². The Hall–Kier alpha value is -0.480. The maximum absolute atomic E-state index is 11.5. The monoisotopic (exact) mass is 244 g/mol. The highest BCUT2D eigenvalue weighted by atomic mass is 32.2. The summed E-state index contributed by atoms with van der Waals surface area (Å²) in [5.74, 6) is -0.109. The van der Waals surface area contributed by atoms with Gasteiger partial charge in [0.1, 0.15) is 5.25 Å². The van der Waals surface area contributed by atoms with Crippen LogP contribution in [0.1, 0.15) is 26.2 Å². The molecule has 0 bridgehead atoms. The van der Waals surface area contributed by atoms with Crippen molar-refractivity contribution < 1.29 is 9.53 Å². The summed E-state index contributed by atoms with van der Waals surface area (Å²) in [4.78, 5) is 11.5. The van der Waals surface area contributed by atoms with E-state index in [1.54, 1.807) is 23.1 Å². The van der Waals surface area contributed by atoms with E-state index in [2.05, 4.69) is 6.92 Å². The Morgan fingerprint density at radius 2 is 2.47 bits per heavy atom. The van der Waals surface area contributed by atoms with Crippen molar-refractivity contribution in [2.24, 2.45) is 0 Å². The summed E-state index contributed by atoms with van der Waals surface area (Å²) in [6.45, 7) is 2.13. The molecule has 0 aliphatic rings. The van der Waals surface area contributed by atoms with Crippen LogP contribution < -0.4 is 0 Å². The number of thioether (sulfide) groups is 1. The van der Waals surface area contributed by atoms with E-state index >= 15 is 0 Å². The molecule has 0 saturated heterocycles. The molecule has 0 amide bonds. The Kier molecular flexibility index (Phi) is 5.79. The number of ether oxygens (including phenoxy) is 1. The molecule has 0 N–H and O–H groups in total. The van der Waals surface area contributed by atoms with Crippen LogP contribution in [-0.2, 0) is 9.53 Å². The van der Waals surface area contributed by atoms with Gasteiger partial charge >= 0.3 is 5.97 Å². The fraction of sp³-hybridized carbons (Fsp3) is 0.545. The van der Waals surface area contributed by atoms with Gasteiger partial charge in [0.05, 0.1) is 11.3 Å². The van der Waals surface area contributed by atoms with E-state index in [0.29, 0.717) is 0 Å². The second-order valence-corrected chi connectivity index (χ2v) is 5.65. The molecule has 4 heteroatoms. The van der Waals surface area contributed by atoms with Gasteiger partial charge in [-0.25, -0.2) is 0 Å². The van der Waals surface area contributed by atoms with Crippen LogP contribution in [0.15, 0.2) is 21.7 Å². The van der Waals surface area contributed by atoms with Crippen LogP contribution in [0.5, 0.6) is 0 Å². The van der Waals surface area contributed by atoms with E-state index in [1.165, 1.54) is 11.3 Å². The van der Waals surface area contributed by atoms with Gasteiger partial charge in [0.2, 0.25) is 0 Å². The average Bonchev–Trinajstić information content (AvgIpc) is 2.75. The van der Waals surface area contributed by atoms with Crippen LogP contribution in [-0.4, -0.2) is 18.3 Å². The second kappa shape index (κ2) is 6.90. The standard InChI is InChI=1S/C11H16O2S2/c1-3-4-6-9(11(12)13-2)15-10-7-5-8-14-10/h5,7-9H,3-4,6H2,1-2H3. The lowest BCUT2D eigenvalue weighted by atomic mass is 10.2. The Morgan fingerprint density at radius 1 is 1.67 bits per heavy atom. The van der Waals surface area contributed by atoms with Crippen LogP contribution in [0.4, 0.5) is 0 Å². The van der Waals surface area contributed by atoms with E-state index in [4.69, 9.17) is 4.74 Å². The highest BCUT2D eigenvalue weighted by Crippen LogP contribution is 2.30. The van der Waals surface area contributed by atoms with Crippen molar-refractivity contribution in [1.29, 1.82) is 0 Å². The highest BCUT2D eigenvalue weighted by molar-refractivity contribution is 8.02. The minimum atomic E-state index is -0.109. The van der Waals surface area contributed by atoms with Gasteiger partial charge in [-0.1, -0.05) is 25.8 Å². The molecule has 0 fully saturated rings. The van der Waals surface area contributed by atoms with Crippen molar-refractivity contribution in [1.82, 2.24) is 0 Å². The number of rotatable bonds is 6. The van der Waals surface area contributed by atoms with Crippen molar-refractivity contribution in [2.45, 2.75) is 35.6 Å². The third kappa shape index (κ3) is 4.26. The summed E-state index contributed by atoms with van der Waals surface area (Å²) in [5, 5.41) is 1.98. The number of thiophene rings is 1. The molecule has 1 aromatic rings. The molecule has 0 saturated carbocycles. The number of hydrogen-bond donors (Lipinski definition) is 0. The molecule has 2 nitrogen and oxygen atoms in total. The zero-order chi connectivity index (χ0) is 11.1. The number of unbranched alkanes of at least 4 members (excludes halogenated alkanes) is 1. The molecule has 1 aromatic heterocycles. The second-order valence-electron chi connectivity index (χ2n) is 3.20. The van der Waals surface area contributed by atoms with Gasteiger partial charge in [-0.3, -0.25) is 4.79 Å². The lowest BCUT2D eigenvalue weighted by molar-refractivity contribution is -0.140. The zero-order valence-electron chi connectivity index (χ0n) is 9.06. The predicted molar refractivity (Wildman–Crippen MR) is 65.5 cm³/mol. The van der Waals surface area contributed by atoms with Gasteiger partial charge in [0.15, 0.2) is 0 Å². The van der Waals surface area contributed by atoms with Crippen LogP contribution in [0.2, 0.25) is 0 Å². The van der Waals surface area contributed by atoms with Crippen molar-refractivity contribution in [3.05, 3.63) is 17.5 Å². The van der Waals surface area contributed by atoms with Crippen LogP contribution in [0.3, 0.4) is 0 Å². The number of hydrogen-bond acceptors (Lipinski definition) is 4. The van der Waals surface area contributed by atoms with Crippen molar-refractivity contribution in [2.75, 3.05) is 7.11 Å². The average molecular weight is 244 g/mol. The third-order valence-electron chi connectivity index (χ3n) is 2.04. The number of carbonyl (C=O) groups excluding carboxylic acids is 1. The van der Waals surface area contributed by atoms with E-state index in [1.807, 2.05) is 17.5 Å². The summed E-state index contributed by atoms with van der Waals surface area (Å²) in [7, 11) is 1.45. The third-order valence-corrected chi connectivity index (χ3v) is 4.36. The van der Waals surface area contributed by atoms with Gasteiger partial charge in [-0.2, -0.15) is 0 Å². The Balaban J connectivity index is 2.52. The lowest BCUT2D eigenvalue weighted by Crippen LogP contribution is -2.18. The molecule has 1 unspecified atom stereocenters. The topological polar surface area (TPSA) is 26.3 Å². The Morgan fingerprint density at radius 3 is 3.00 bits per heavy atom. The predicted octanol–water partition coefficient (Wildman–Crippen LogP) is 3.57. The first-order valence-electron chi connectivity index (χ1n) is 5.06. The molecule has 84 valence electrons. The normalized spacial score (nSPS) is 12.4. The van der Waals surface area contributed by atoms with E-state index < -0.39 is 0 Å². The summed E-state index contributed by atoms with van der Waals surface area (Å²) in [6.07, 6.45) is 3.07. The van der Waals surface area contributed by atoms with E-state index in [9.17, 15) is 4.79 Å². The SMILES string of the molecule is CCCCC(Sc1cccs1)C(=O)OC. The highest BCUT2D eigenvalue weighted by Gasteiger charge is 2.20. The summed E-state index contributed by atoms with van der Waals surface area (Å²) in [6, 6.07) is 4.04. The first kappa shape index (κ1) is 12.6. The van der Waals surface area contributed by atoms with Gasteiger partial charge in [-0.05, 0) is 17.9 Å². The lowest BCUT2D eigenvalue weighted by Gasteiger charge is -2.12. The molecule has 0 aromatic carbocycles. The van der Waals surface area contributed by atoms with Crippen molar-refractivity contribution in [3.63, 3.8) is 0 Å². The molecular formula is C11H16O2S2. The molecule has 1 atom stereocenters. The van der Waals surface area contributed by atoms with Gasteiger partial charge < -0.3 is 4.74 Å². The quantitative estimate of drug-likeness (QED) is 0.565. The van der Waals surface area contributed by atoms with Gasteiger partial charge in [-0.15, -0.1) is 23.1 Å². The molecule has 15 heavy (non-hydrogen) atoms. The fourth-order valence-corrected chi connectivity index (χ4v) is 3.32. The minimum Gasteiger partial charge on any atom is -0.468 e. The summed E-state index contributed by atoms with van der Waals surface area (Å²) in [5.41, 5.74) is 0. The first-order chi connectivity index (χ1) is 7.27. The molecule has 0 radical (unpaired) electrons. The minimum absolute atomic E-state index is 0.0476. The fourth-order valence-electron chi connectivity index (χ4n) is 1.22. The van der Waals surface area contributed by atoms with Crippen LogP contribution >= 0.6 is 23.1 Å². The Labute approximate surface area is 99.0 Å². The van der Waals surface area contributed by atoms with Gasteiger partial charge in [0.25, 0.3) is 0 Å². The number of methoxy groups -OCH3 is 1. The zero-order valence-corrected chi connectivity index (χ0v) is 10.7. The Bertz CT molecular complexity index is 283. The molecule has 0 aliphatic heterocycles.